The third-order valence-corrected chi connectivity index (χ3v) is 3.10. The number of nitro groups is 2. The average molecular weight is 356 g/mol. The summed E-state index contributed by atoms with van der Waals surface area (Å²) in [6, 6.07) is 10.9. The molecule has 10 nitrogen and oxygen atoms in total. The summed E-state index contributed by atoms with van der Waals surface area (Å²) >= 11 is 0. The molecule has 0 saturated heterocycles. The molecule has 2 N–H and O–H groups in total. The van der Waals surface area contributed by atoms with Crippen molar-refractivity contribution in [3.8, 4) is 0 Å². The minimum atomic E-state index is -0.846. The number of oxime groups is 1. The number of carbonyl (C=O) groups is 1. The Hall–Kier alpha value is -4.08. The Labute approximate surface area is 146 Å². The average Bonchev–Trinajstić information content (AvgIpc) is 2.64. The first kappa shape index (κ1) is 18.3. The van der Waals surface area contributed by atoms with Gasteiger partial charge < -0.3 is 10.6 Å². The van der Waals surface area contributed by atoms with Gasteiger partial charge in [-0.25, -0.2) is 4.79 Å². The molecule has 0 aromatic heterocycles. The minimum Gasteiger partial charge on any atom is -0.380 e. The summed E-state index contributed by atoms with van der Waals surface area (Å²) < 4.78 is 0. The molecule has 10 heteroatoms. The van der Waals surface area contributed by atoms with Crippen molar-refractivity contribution in [3.05, 3.63) is 86.0 Å². The SMILES string of the molecule is N/C(=N\OC(=O)/C=C\c1cccc([N+](=O)[O-])c1)c1ccc([N+](=O)[O-])cc1. The zero-order valence-electron chi connectivity index (χ0n) is 13.1. The smallest absolute Gasteiger partial charge is 0.358 e. The number of hydrogen-bond acceptors (Lipinski definition) is 7. The molecule has 2 rings (SSSR count). The number of amidine groups is 1. The van der Waals surface area contributed by atoms with E-state index in [0.717, 1.165) is 6.08 Å². The Morgan fingerprint density at radius 1 is 1.04 bits per heavy atom. The van der Waals surface area contributed by atoms with Crippen LogP contribution in [0.25, 0.3) is 6.08 Å². The molecule has 0 spiro atoms. The minimum absolute atomic E-state index is 0.110. The number of hydrogen-bond donors (Lipinski definition) is 1. The fourth-order valence-electron chi connectivity index (χ4n) is 1.84. The number of carbonyl (C=O) groups excluding carboxylic acids is 1. The largest absolute Gasteiger partial charge is 0.380 e. The zero-order valence-corrected chi connectivity index (χ0v) is 13.1. The molecule has 0 heterocycles. The second-order valence-corrected chi connectivity index (χ2v) is 4.88. The molecule has 0 radical (unpaired) electrons. The van der Waals surface area contributed by atoms with Crippen molar-refractivity contribution in [2.24, 2.45) is 10.9 Å². The van der Waals surface area contributed by atoms with Crippen molar-refractivity contribution in [1.82, 2.24) is 0 Å². The number of non-ortho nitro benzene ring substituents is 2. The zero-order chi connectivity index (χ0) is 19.1. The van der Waals surface area contributed by atoms with Gasteiger partial charge in [0.1, 0.15) is 0 Å². The van der Waals surface area contributed by atoms with Crippen LogP contribution in [0.4, 0.5) is 11.4 Å². The van der Waals surface area contributed by atoms with Crippen LogP contribution in [-0.2, 0) is 9.63 Å². The molecule has 0 saturated carbocycles. The molecule has 2 aromatic carbocycles. The lowest BCUT2D eigenvalue weighted by atomic mass is 10.2. The van der Waals surface area contributed by atoms with Gasteiger partial charge >= 0.3 is 5.97 Å². The first-order valence-corrected chi connectivity index (χ1v) is 7.08. The summed E-state index contributed by atoms with van der Waals surface area (Å²) in [6.07, 6.45) is 2.36. The van der Waals surface area contributed by atoms with E-state index in [4.69, 9.17) is 5.73 Å². The first-order valence-electron chi connectivity index (χ1n) is 7.08. The van der Waals surface area contributed by atoms with Gasteiger partial charge in [0.25, 0.3) is 11.4 Å². The summed E-state index contributed by atoms with van der Waals surface area (Å²) in [7, 11) is 0. The Morgan fingerprint density at radius 2 is 1.69 bits per heavy atom. The standard InChI is InChI=1S/C16H12N4O6/c17-16(12-5-7-13(8-6-12)19(22)23)18-26-15(21)9-4-11-2-1-3-14(10-11)20(24)25/h1-10H,(H2,17,18)/b9-4-. The van der Waals surface area contributed by atoms with Crippen LogP contribution in [0.15, 0.2) is 59.8 Å². The van der Waals surface area contributed by atoms with Gasteiger partial charge in [-0.05, 0) is 23.8 Å². The van der Waals surface area contributed by atoms with Crippen LogP contribution >= 0.6 is 0 Å². The first-order chi connectivity index (χ1) is 12.4. The summed E-state index contributed by atoms with van der Waals surface area (Å²) in [6.45, 7) is 0. The molecular formula is C16H12N4O6. The van der Waals surface area contributed by atoms with E-state index >= 15 is 0 Å². The number of nitrogens with two attached hydrogens (primary N) is 1. The van der Waals surface area contributed by atoms with Crippen LogP contribution in [0.1, 0.15) is 11.1 Å². The van der Waals surface area contributed by atoms with Crippen molar-refractivity contribution in [1.29, 1.82) is 0 Å². The van der Waals surface area contributed by atoms with Crippen LogP contribution in [0, 0.1) is 20.2 Å². The van der Waals surface area contributed by atoms with Crippen molar-refractivity contribution < 1.29 is 19.5 Å². The molecular weight excluding hydrogens is 344 g/mol. The molecule has 26 heavy (non-hydrogen) atoms. The van der Waals surface area contributed by atoms with Crippen LogP contribution < -0.4 is 5.73 Å². The highest BCUT2D eigenvalue weighted by Crippen LogP contribution is 2.14. The lowest BCUT2D eigenvalue weighted by Gasteiger charge is -1.99. The van der Waals surface area contributed by atoms with Gasteiger partial charge in [0.05, 0.1) is 9.85 Å². The summed E-state index contributed by atoms with van der Waals surface area (Å²) in [5.74, 6) is -0.988. The third-order valence-electron chi connectivity index (χ3n) is 3.10. The van der Waals surface area contributed by atoms with E-state index in [-0.39, 0.29) is 17.2 Å². The molecule has 0 bridgehead atoms. The highest BCUT2D eigenvalue weighted by Gasteiger charge is 2.07. The fraction of sp³-hybridized carbons (Fsp3) is 0. The Morgan fingerprint density at radius 3 is 2.31 bits per heavy atom. The van der Waals surface area contributed by atoms with E-state index in [1.165, 1.54) is 48.5 Å². The van der Waals surface area contributed by atoms with Gasteiger partial charge in [0.2, 0.25) is 0 Å². The molecule has 0 aliphatic carbocycles. The van der Waals surface area contributed by atoms with Crippen molar-refractivity contribution >= 4 is 29.3 Å². The maximum Gasteiger partial charge on any atom is 0.358 e. The monoisotopic (exact) mass is 356 g/mol. The van der Waals surface area contributed by atoms with Crippen molar-refractivity contribution in [2.75, 3.05) is 0 Å². The number of nitrogens with zero attached hydrogens (tertiary/aromatic N) is 3. The van der Waals surface area contributed by atoms with E-state index in [1.54, 1.807) is 6.07 Å². The van der Waals surface area contributed by atoms with Crippen LogP contribution in [0.2, 0.25) is 0 Å². The lowest BCUT2D eigenvalue weighted by molar-refractivity contribution is -0.385. The van der Waals surface area contributed by atoms with Gasteiger partial charge in [-0.3, -0.25) is 20.2 Å². The number of rotatable bonds is 6. The molecule has 0 amide bonds. The summed E-state index contributed by atoms with van der Waals surface area (Å²) in [5.41, 5.74) is 6.18. The summed E-state index contributed by atoms with van der Waals surface area (Å²) in [4.78, 5) is 36.4. The van der Waals surface area contributed by atoms with Gasteiger partial charge in [-0.1, -0.05) is 17.3 Å². The normalized spacial score (nSPS) is 11.3. The van der Waals surface area contributed by atoms with E-state index < -0.39 is 15.8 Å². The second-order valence-electron chi connectivity index (χ2n) is 4.88. The van der Waals surface area contributed by atoms with Gasteiger partial charge in [0, 0.05) is 35.9 Å². The predicted molar refractivity (Wildman–Crippen MR) is 92.0 cm³/mol. The molecule has 0 atom stereocenters. The van der Waals surface area contributed by atoms with Crippen LogP contribution in [0.5, 0.6) is 0 Å². The Kier molecular flexibility index (Phi) is 5.72. The second kappa shape index (κ2) is 8.15. The van der Waals surface area contributed by atoms with Gasteiger partial charge in [0.15, 0.2) is 5.84 Å². The van der Waals surface area contributed by atoms with E-state index in [1.807, 2.05) is 0 Å². The maximum atomic E-state index is 11.6. The van der Waals surface area contributed by atoms with Crippen LogP contribution in [-0.4, -0.2) is 21.7 Å². The predicted octanol–water partition coefficient (Wildman–Crippen LogP) is 2.38. The fourth-order valence-corrected chi connectivity index (χ4v) is 1.84. The number of nitro benzene ring substituents is 2. The quantitative estimate of drug-likeness (QED) is 0.208. The van der Waals surface area contributed by atoms with Crippen molar-refractivity contribution in [3.63, 3.8) is 0 Å². The molecule has 0 aliphatic rings. The molecule has 0 aliphatic heterocycles. The topological polar surface area (TPSA) is 151 Å². The van der Waals surface area contributed by atoms with Crippen LogP contribution in [0.3, 0.4) is 0 Å². The van der Waals surface area contributed by atoms with E-state index in [2.05, 4.69) is 9.99 Å². The molecule has 2 aromatic rings. The third kappa shape index (κ3) is 4.96. The Bertz CT molecular complexity index is 905. The van der Waals surface area contributed by atoms with E-state index in [0.29, 0.717) is 11.1 Å². The maximum absolute atomic E-state index is 11.6. The number of benzene rings is 2. The van der Waals surface area contributed by atoms with Gasteiger partial charge in [-0.15, -0.1) is 0 Å². The molecule has 0 fully saturated rings. The molecule has 0 unspecified atom stereocenters. The van der Waals surface area contributed by atoms with E-state index in [9.17, 15) is 25.0 Å². The lowest BCUT2D eigenvalue weighted by Crippen LogP contribution is -2.14. The molecule has 132 valence electrons. The van der Waals surface area contributed by atoms with Gasteiger partial charge in [-0.2, -0.15) is 0 Å². The highest BCUT2D eigenvalue weighted by molar-refractivity contribution is 5.98. The summed E-state index contributed by atoms with van der Waals surface area (Å²) in [5, 5.41) is 24.7. The van der Waals surface area contributed by atoms with Crippen molar-refractivity contribution in [2.45, 2.75) is 0 Å². The Balaban J connectivity index is 2.00. The highest BCUT2D eigenvalue weighted by atomic mass is 16.7.